The third kappa shape index (κ3) is 4.19. The van der Waals surface area contributed by atoms with Gasteiger partial charge in [-0.2, -0.15) is 0 Å². The van der Waals surface area contributed by atoms with Crippen LogP contribution in [0.2, 0.25) is 0 Å². The predicted octanol–water partition coefficient (Wildman–Crippen LogP) is 4.65. The van der Waals surface area contributed by atoms with Crippen molar-refractivity contribution < 1.29 is 4.74 Å². The molecule has 0 aliphatic rings. The first-order valence-corrected chi connectivity index (χ1v) is 8.80. The molecule has 0 atom stereocenters. The van der Waals surface area contributed by atoms with Gasteiger partial charge in [0.2, 0.25) is 0 Å². The second-order valence-corrected chi connectivity index (χ2v) is 7.38. The van der Waals surface area contributed by atoms with Gasteiger partial charge in [-0.15, -0.1) is 0 Å². The van der Waals surface area contributed by atoms with E-state index in [0.717, 1.165) is 0 Å². The van der Waals surface area contributed by atoms with Gasteiger partial charge >= 0.3 is 0 Å². The zero-order valence-electron chi connectivity index (χ0n) is 13.0. The van der Waals surface area contributed by atoms with Crippen LogP contribution in [-0.2, 0) is 4.74 Å². The van der Waals surface area contributed by atoms with Crippen molar-refractivity contribution in [2.75, 3.05) is 6.61 Å². The SMILES string of the molecule is CCO/C=C(/C(C)C)P(c1ccccc1)c1ccccc1. The van der Waals surface area contributed by atoms with E-state index < -0.39 is 7.92 Å². The van der Waals surface area contributed by atoms with Crippen LogP contribution in [0.5, 0.6) is 0 Å². The van der Waals surface area contributed by atoms with Gasteiger partial charge in [0.15, 0.2) is 0 Å². The molecule has 0 aromatic heterocycles. The van der Waals surface area contributed by atoms with E-state index in [2.05, 4.69) is 74.5 Å². The largest absolute Gasteiger partial charge is 0.501 e. The summed E-state index contributed by atoms with van der Waals surface area (Å²) >= 11 is 0. The van der Waals surface area contributed by atoms with E-state index in [1.165, 1.54) is 15.9 Å². The molecule has 1 nitrogen and oxygen atoms in total. The van der Waals surface area contributed by atoms with Gasteiger partial charge in [0, 0.05) is 0 Å². The number of hydrogen-bond acceptors (Lipinski definition) is 1. The van der Waals surface area contributed by atoms with Crippen LogP contribution in [0.4, 0.5) is 0 Å². The van der Waals surface area contributed by atoms with E-state index in [0.29, 0.717) is 12.5 Å². The highest BCUT2D eigenvalue weighted by molar-refractivity contribution is 7.76. The molecule has 2 rings (SSSR count). The van der Waals surface area contributed by atoms with Gasteiger partial charge in [-0.25, -0.2) is 0 Å². The van der Waals surface area contributed by atoms with Crippen LogP contribution in [0.15, 0.2) is 72.2 Å². The molecule has 0 spiro atoms. The van der Waals surface area contributed by atoms with E-state index in [1.54, 1.807) is 0 Å². The van der Waals surface area contributed by atoms with E-state index in [-0.39, 0.29) is 0 Å². The summed E-state index contributed by atoms with van der Waals surface area (Å²) in [5.74, 6) is 0.461. The van der Waals surface area contributed by atoms with Crippen LogP contribution in [0.1, 0.15) is 20.8 Å². The number of benzene rings is 2. The fourth-order valence-electron chi connectivity index (χ4n) is 2.22. The van der Waals surface area contributed by atoms with E-state index >= 15 is 0 Å². The molecule has 0 fully saturated rings. The molecule has 21 heavy (non-hydrogen) atoms. The van der Waals surface area contributed by atoms with Crippen molar-refractivity contribution in [1.82, 2.24) is 0 Å². The highest BCUT2D eigenvalue weighted by atomic mass is 31.1. The normalized spacial score (nSPS) is 12.0. The smallest absolute Gasteiger partial charge is 0.0874 e. The average molecular weight is 298 g/mol. The number of ether oxygens (including phenoxy) is 1. The highest BCUT2D eigenvalue weighted by Gasteiger charge is 2.21. The standard InChI is InChI=1S/C19H23OP/c1-4-20-15-19(16(2)3)21(17-11-7-5-8-12-17)18-13-9-6-10-14-18/h5-16H,4H2,1-3H3/b19-15-. The fraction of sp³-hybridized carbons (Fsp3) is 0.263. The molecule has 0 unspecified atom stereocenters. The second kappa shape index (κ2) is 8.00. The summed E-state index contributed by atoms with van der Waals surface area (Å²) in [6.07, 6.45) is 1.98. The van der Waals surface area contributed by atoms with Crippen molar-refractivity contribution in [3.63, 3.8) is 0 Å². The lowest BCUT2D eigenvalue weighted by Gasteiger charge is -2.24. The molecular weight excluding hydrogens is 275 g/mol. The average Bonchev–Trinajstić information content (AvgIpc) is 2.53. The zero-order chi connectivity index (χ0) is 15.1. The maximum atomic E-state index is 5.64. The Kier molecular flexibility index (Phi) is 6.02. The van der Waals surface area contributed by atoms with Gasteiger partial charge < -0.3 is 4.74 Å². The first-order chi connectivity index (χ1) is 10.2. The van der Waals surface area contributed by atoms with E-state index in [9.17, 15) is 0 Å². The molecule has 0 aliphatic carbocycles. The van der Waals surface area contributed by atoms with Crippen LogP contribution in [-0.4, -0.2) is 6.61 Å². The van der Waals surface area contributed by atoms with Crippen LogP contribution in [0, 0.1) is 5.92 Å². The Balaban J connectivity index is 2.50. The van der Waals surface area contributed by atoms with Crippen molar-refractivity contribution in [2.24, 2.45) is 5.92 Å². The quantitative estimate of drug-likeness (QED) is 0.557. The van der Waals surface area contributed by atoms with Crippen LogP contribution >= 0.6 is 7.92 Å². The molecule has 2 heteroatoms. The Morgan fingerprint density at radius 1 is 0.952 bits per heavy atom. The summed E-state index contributed by atoms with van der Waals surface area (Å²) in [5.41, 5.74) is 0. The van der Waals surface area contributed by atoms with Crippen molar-refractivity contribution in [1.29, 1.82) is 0 Å². The van der Waals surface area contributed by atoms with Crippen molar-refractivity contribution in [3.05, 3.63) is 72.2 Å². The van der Waals surface area contributed by atoms with Crippen molar-refractivity contribution >= 4 is 18.5 Å². The molecule has 2 aromatic carbocycles. The predicted molar refractivity (Wildman–Crippen MR) is 93.6 cm³/mol. The monoisotopic (exact) mass is 298 g/mol. The van der Waals surface area contributed by atoms with E-state index in [1.807, 2.05) is 13.2 Å². The number of hydrogen-bond donors (Lipinski definition) is 0. The van der Waals surface area contributed by atoms with Crippen LogP contribution < -0.4 is 10.6 Å². The Hall–Kier alpha value is -1.59. The van der Waals surface area contributed by atoms with Gasteiger partial charge in [0.1, 0.15) is 0 Å². The van der Waals surface area contributed by atoms with Crippen LogP contribution in [0.25, 0.3) is 0 Å². The topological polar surface area (TPSA) is 9.23 Å². The van der Waals surface area contributed by atoms with Gasteiger partial charge in [0.25, 0.3) is 0 Å². The van der Waals surface area contributed by atoms with Crippen molar-refractivity contribution in [2.45, 2.75) is 20.8 Å². The molecule has 2 aromatic rings. The third-order valence-corrected chi connectivity index (χ3v) is 6.02. The van der Waals surface area contributed by atoms with Gasteiger partial charge in [-0.3, -0.25) is 0 Å². The van der Waals surface area contributed by atoms with Crippen molar-refractivity contribution in [3.8, 4) is 0 Å². The first-order valence-electron chi connectivity index (χ1n) is 7.46. The Morgan fingerprint density at radius 2 is 1.43 bits per heavy atom. The summed E-state index contributed by atoms with van der Waals surface area (Å²) in [6, 6.07) is 21.5. The summed E-state index contributed by atoms with van der Waals surface area (Å²) in [6.45, 7) is 7.23. The summed E-state index contributed by atoms with van der Waals surface area (Å²) < 4.78 is 5.64. The third-order valence-electron chi connectivity index (χ3n) is 3.25. The van der Waals surface area contributed by atoms with Gasteiger partial charge in [0.05, 0.1) is 12.9 Å². The molecule has 0 bridgehead atoms. The Bertz CT molecular complexity index is 521. The minimum absolute atomic E-state index is 0.461. The summed E-state index contributed by atoms with van der Waals surface area (Å²) in [5, 5.41) is 4.13. The minimum Gasteiger partial charge on any atom is -0.501 e. The molecule has 0 heterocycles. The molecule has 0 amide bonds. The van der Waals surface area contributed by atoms with Crippen LogP contribution in [0.3, 0.4) is 0 Å². The Labute approximate surface area is 129 Å². The summed E-state index contributed by atoms with van der Waals surface area (Å²) in [7, 11) is -0.529. The molecular formula is C19H23OP. The van der Waals surface area contributed by atoms with Gasteiger partial charge in [-0.05, 0) is 36.7 Å². The fourth-order valence-corrected chi connectivity index (χ4v) is 4.75. The molecule has 0 N–H and O–H groups in total. The number of rotatable bonds is 6. The molecule has 0 saturated carbocycles. The molecule has 0 aliphatic heterocycles. The summed E-state index contributed by atoms with van der Waals surface area (Å²) in [4.78, 5) is 0. The van der Waals surface area contributed by atoms with Gasteiger partial charge in [-0.1, -0.05) is 74.5 Å². The highest BCUT2D eigenvalue weighted by Crippen LogP contribution is 2.46. The maximum Gasteiger partial charge on any atom is 0.0874 e. The lowest BCUT2D eigenvalue weighted by molar-refractivity contribution is 0.266. The molecule has 110 valence electrons. The molecule has 0 radical (unpaired) electrons. The maximum absolute atomic E-state index is 5.64. The second-order valence-electron chi connectivity index (χ2n) is 5.16. The number of allylic oxidation sites excluding steroid dienone is 1. The van der Waals surface area contributed by atoms with E-state index in [4.69, 9.17) is 4.74 Å². The Morgan fingerprint density at radius 3 is 1.81 bits per heavy atom. The lowest BCUT2D eigenvalue weighted by Crippen LogP contribution is -2.15. The molecule has 0 saturated heterocycles. The lowest BCUT2D eigenvalue weighted by atomic mass is 10.2. The minimum atomic E-state index is -0.529. The zero-order valence-corrected chi connectivity index (χ0v) is 13.9. The first kappa shape index (κ1) is 15.8.